The van der Waals surface area contributed by atoms with Gasteiger partial charge in [-0.2, -0.15) is 0 Å². The van der Waals surface area contributed by atoms with Crippen LogP contribution in [0.5, 0.6) is 0 Å². The van der Waals surface area contributed by atoms with Gasteiger partial charge in [0.15, 0.2) is 0 Å². The molecule has 2 aromatic rings. The van der Waals surface area contributed by atoms with Gasteiger partial charge in [-0.25, -0.2) is 5.11 Å². The third kappa shape index (κ3) is 2.50. The van der Waals surface area contributed by atoms with E-state index in [1.807, 2.05) is 36.4 Å². The molecule has 81 valence electrons. The molecule has 0 aliphatic heterocycles. The molecule has 0 aromatic heterocycles. The Morgan fingerprint density at radius 3 is 1.56 bits per heavy atom. The maximum Gasteiger partial charge on any atom is 0.0831 e. The fourth-order valence-electron chi connectivity index (χ4n) is 2.01. The molecule has 1 heteroatoms. The Hall–Kier alpha value is -1.60. The van der Waals surface area contributed by atoms with Gasteiger partial charge in [-0.05, 0) is 17.5 Å². The summed E-state index contributed by atoms with van der Waals surface area (Å²) in [4.78, 5) is 0. The lowest BCUT2D eigenvalue weighted by Gasteiger charge is -2.16. The molecule has 0 N–H and O–H groups in total. The van der Waals surface area contributed by atoms with Crippen LogP contribution in [0.3, 0.4) is 0 Å². The first-order chi connectivity index (χ1) is 7.92. The van der Waals surface area contributed by atoms with E-state index >= 15 is 0 Å². The van der Waals surface area contributed by atoms with Crippen molar-refractivity contribution in [1.82, 2.24) is 0 Å². The van der Waals surface area contributed by atoms with E-state index in [-0.39, 0.29) is 12.5 Å². The van der Waals surface area contributed by atoms with Crippen molar-refractivity contribution in [2.24, 2.45) is 0 Å². The summed E-state index contributed by atoms with van der Waals surface area (Å²) < 4.78 is 0. The summed E-state index contributed by atoms with van der Waals surface area (Å²) in [6.07, 6.45) is 0.661. The van der Waals surface area contributed by atoms with Gasteiger partial charge in [-0.3, -0.25) is 0 Å². The molecule has 1 nitrogen and oxygen atoms in total. The van der Waals surface area contributed by atoms with Gasteiger partial charge in [0.05, 0.1) is 6.61 Å². The van der Waals surface area contributed by atoms with E-state index in [2.05, 4.69) is 24.3 Å². The van der Waals surface area contributed by atoms with Crippen LogP contribution in [0, 0.1) is 0 Å². The van der Waals surface area contributed by atoms with Gasteiger partial charge in [0.25, 0.3) is 0 Å². The van der Waals surface area contributed by atoms with E-state index in [1.54, 1.807) is 0 Å². The molecule has 0 aliphatic rings. The molecule has 0 atom stereocenters. The average Bonchev–Trinajstić information content (AvgIpc) is 2.38. The van der Waals surface area contributed by atoms with E-state index in [4.69, 9.17) is 0 Å². The first-order valence-corrected chi connectivity index (χ1v) is 5.60. The maximum atomic E-state index is 10.9. The Bertz CT molecular complexity index is 368. The molecule has 2 rings (SSSR count). The SMILES string of the molecule is [O]CCC(c1ccccc1)c1ccccc1. The summed E-state index contributed by atoms with van der Waals surface area (Å²) in [5.74, 6) is 0.236. The van der Waals surface area contributed by atoms with Gasteiger partial charge in [0.1, 0.15) is 0 Å². The lowest BCUT2D eigenvalue weighted by atomic mass is 9.89. The van der Waals surface area contributed by atoms with Crippen LogP contribution >= 0.6 is 0 Å². The molecule has 0 fully saturated rings. The second kappa shape index (κ2) is 5.47. The predicted molar refractivity (Wildman–Crippen MR) is 64.9 cm³/mol. The van der Waals surface area contributed by atoms with Crippen molar-refractivity contribution >= 4 is 0 Å². The molecule has 0 saturated carbocycles. The summed E-state index contributed by atoms with van der Waals surface area (Å²) in [5.41, 5.74) is 2.45. The first-order valence-electron chi connectivity index (χ1n) is 5.60. The van der Waals surface area contributed by atoms with Crippen LogP contribution in [-0.4, -0.2) is 6.61 Å². The van der Waals surface area contributed by atoms with Crippen molar-refractivity contribution in [2.75, 3.05) is 6.61 Å². The number of hydrogen-bond acceptors (Lipinski definition) is 0. The molecule has 16 heavy (non-hydrogen) atoms. The minimum atomic E-state index is -0.0333. The van der Waals surface area contributed by atoms with Crippen LogP contribution < -0.4 is 0 Å². The van der Waals surface area contributed by atoms with Gasteiger partial charge < -0.3 is 0 Å². The summed E-state index contributed by atoms with van der Waals surface area (Å²) in [6.45, 7) is -0.0333. The normalized spacial score (nSPS) is 10.6. The third-order valence-electron chi connectivity index (χ3n) is 2.81. The first kappa shape index (κ1) is 10.9. The molecule has 0 bridgehead atoms. The van der Waals surface area contributed by atoms with Crippen LogP contribution in [0.25, 0.3) is 0 Å². The van der Waals surface area contributed by atoms with Crippen molar-refractivity contribution in [3.05, 3.63) is 71.8 Å². The standard InChI is InChI=1S/C15H15O/c16-12-11-15(13-7-3-1-4-8-13)14-9-5-2-6-10-14/h1-10,15H,11-12H2. The second-order valence-electron chi connectivity index (χ2n) is 3.87. The van der Waals surface area contributed by atoms with Crippen LogP contribution in [-0.2, 0) is 5.11 Å². The van der Waals surface area contributed by atoms with Crippen molar-refractivity contribution < 1.29 is 5.11 Å². The van der Waals surface area contributed by atoms with Gasteiger partial charge >= 0.3 is 0 Å². The Morgan fingerprint density at radius 1 is 0.750 bits per heavy atom. The monoisotopic (exact) mass is 211 g/mol. The van der Waals surface area contributed by atoms with Crippen LogP contribution in [0.2, 0.25) is 0 Å². The summed E-state index contributed by atoms with van der Waals surface area (Å²) in [5, 5.41) is 10.9. The quantitative estimate of drug-likeness (QED) is 0.735. The third-order valence-corrected chi connectivity index (χ3v) is 2.81. The van der Waals surface area contributed by atoms with E-state index in [9.17, 15) is 5.11 Å². The van der Waals surface area contributed by atoms with Crippen molar-refractivity contribution in [3.8, 4) is 0 Å². The highest BCUT2D eigenvalue weighted by atomic mass is 16.3. The van der Waals surface area contributed by atoms with Crippen molar-refractivity contribution in [2.45, 2.75) is 12.3 Å². The zero-order chi connectivity index (χ0) is 11.2. The fraction of sp³-hybridized carbons (Fsp3) is 0.200. The molecule has 0 unspecified atom stereocenters. The molecule has 2 aromatic carbocycles. The number of rotatable bonds is 4. The van der Waals surface area contributed by atoms with Crippen molar-refractivity contribution in [1.29, 1.82) is 0 Å². The second-order valence-corrected chi connectivity index (χ2v) is 3.87. The minimum Gasteiger partial charge on any atom is -0.237 e. The molecular formula is C15H15O. The molecule has 0 aliphatic carbocycles. The van der Waals surface area contributed by atoms with E-state index < -0.39 is 0 Å². The lowest BCUT2D eigenvalue weighted by molar-refractivity contribution is 0.185. The van der Waals surface area contributed by atoms with E-state index in [0.717, 1.165) is 0 Å². The Labute approximate surface area is 96.4 Å². The van der Waals surface area contributed by atoms with Crippen LogP contribution in [0.4, 0.5) is 0 Å². The van der Waals surface area contributed by atoms with Gasteiger partial charge in [-0.15, -0.1) is 0 Å². The average molecular weight is 211 g/mol. The van der Waals surface area contributed by atoms with Gasteiger partial charge in [0, 0.05) is 5.92 Å². The topological polar surface area (TPSA) is 19.9 Å². The minimum absolute atomic E-state index is 0.0333. The molecule has 1 radical (unpaired) electrons. The van der Waals surface area contributed by atoms with Gasteiger partial charge in [-0.1, -0.05) is 60.7 Å². The maximum absolute atomic E-state index is 10.9. The van der Waals surface area contributed by atoms with E-state index in [0.29, 0.717) is 6.42 Å². The summed E-state index contributed by atoms with van der Waals surface area (Å²) >= 11 is 0. The zero-order valence-electron chi connectivity index (χ0n) is 9.17. The molecule has 0 saturated heterocycles. The molecule has 0 heterocycles. The smallest absolute Gasteiger partial charge is 0.0831 e. The molecular weight excluding hydrogens is 196 g/mol. The highest BCUT2D eigenvalue weighted by Gasteiger charge is 2.12. The van der Waals surface area contributed by atoms with Crippen LogP contribution in [0.15, 0.2) is 60.7 Å². The highest BCUT2D eigenvalue weighted by molar-refractivity contribution is 5.32. The Kier molecular flexibility index (Phi) is 3.73. The Balaban J connectivity index is 2.31. The zero-order valence-corrected chi connectivity index (χ0v) is 9.17. The molecule has 0 spiro atoms. The summed E-state index contributed by atoms with van der Waals surface area (Å²) in [6, 6.07) is 20.5. The highest BCUT2D eigenvalue weighted by Crippen LogP contribution is 2.27. The van der Waals surface area contributed by atoms with E-state index in [1.165, 1.54) is 11.1 Å². The summed E-state index contributed by atoms with van der Waals surface area (Å²) in [7, 11) is 0. The largest absolute Gasteiger partial charge is 0.237 e. The van der Waals surface area contributed by atoms with Crippen LogP contribution in [0.1, 0.15) is 23.5 Å². The lowest BCUT2D eigenvalue weighted by Crippen LogP contribution is -2.02. The fourth-order valence-corrected chi connectivity index (χ4v) is 2.01. The number of hydrogen-bond donors (Lipinski definition) is 0. The number of benzene rings is 2. The molecule has 0 amide bonds. The Morgan fingerprint density at radius 2 is 1.19 bits per heavy atom. The van der Waals surface area contributed by atoms with Gasteiger partial charge in [0.2, 0.25) is 0 Å². The van der Waals surface area contributed by atoms with Crippen molar-refractivity contribution in [3.63, 3.8) is 0 Å². The predicted octanol–water partition coefficient (Wildman–Crippen LogP) is 3.64.